The monoisotopic (exact) mass is 616 g/mol. The van der Waals surface area contributed by atoms with Crippen LogP contribution in [-0.4, -0.2) is 0 Å². The lowest BCUT2D eigenvalue weighted by atomic mass is 9.48. The smallest absolute Gasteiger partial charge is 0.00207 e. The molecule has 4 bridgehead atoms. The van der Waals surface area contributed by atoms with Gasteiger partial charge in [-0.25, -0.2) is 0 Å². The van der Waals surface area contributed by atoms with Gasteiger partial charge in [-0.1, -0.05) is 121 Å². The van der Waals surface area contributed by atoms with Gasteiger partial charge < -0.3 is 0 Å². The predicted octanol–water partition coefficient (Wildman–Crippen LogP) is 13.2. The summed E-state index contributed by atoms with van der Waals surface area (Å²) in [5, 5.41) is 10.7. The van der Waals surface area contributed by atoms with Gasteiger partial charge in [-0.2, -0.15) is 0 Å². The molecule has 7 aromatic carbocycles. The van der Waals surface area contributed by atoms with E-state index in [0.29, 0.717) is 5.41 Å². The van der Waals surface area contributed by atoms with Crippen molar-refractivity contribution in [3.63, 3.8) is 0 Å². The number of hydrogen-bond acceptors (Lipinski definition) is 0. The fraction of sp³-hybridized carbons (Fsp3) is 0.250. The predicted molar refractivity (Wildman–Crippen MR) is 204 cm³/mol. The molecular weight excluding hydrogens is 577 g/mol. The van der Waals surface area contributed by atoms with Crippen molar-refractivity contribution in [3.05, 3.63) is 138 Å². The van der Waals surface area contributed by atoms with Crippen LogP contribution < -0.4 is 0 Å². The third-order valence-corrected chi connectivity index (χ3v) is 13.0. The standard InChI is InChI=1S/C48H40/c1-5-13-38-34(9-1)24-35-10-2-6-14-39(35)46(38)42-17-18-43(47-40-15-7-3-11-36(40)25-37-12-4-8-16-41(37)47)45-23-33(22-44(42)45)29-48-26-30-19-31(27-48)21-32(20-30)28-48/h1-18,22,24-25,30-32H,19-21,23,26-29H2. The van der Waals surface area contributed by atoms with Gasteiger partial charge in [0.1, 0.15) is 0 Å². The molecule has 232 valence electrons. The summed E-state index contributed by atoms with van der Waals surface area (Å²) < 4.78 is 0. The second kappa shape index (κ2) is 10.2. The summed E-state index contributed by atoms with van der Waals surface area (Å²) in [5.41, 5.74) is 10.8. The first-order valence-electron chi connectivity index (χ1n) is 18.4. The van der Waals surface area contributed by atoms with Crippen molar-refractivity contribution < 1.29 is 0 Å². The van der Waals surface area contributed by atoms with Gasteiger partial charge in [-0.05, 0) is 163 Å². The zero-order chi connectivity index (χ0) is 31.4. The Balaban J connectivity index is 1.17. The fourth-order valence-electron chi connectivity index (χ4n) is 11.7. The zero-order valence-electron chi connectivity index (χ0n) is 27.5. The van der Waals surface area contributed by atoms with Crippen LogP contribution in [0, 0.1) is 23.2 Å². The van der Waals surface area contributed by atoms with Crippen molar-refractivity contribution >= 4 is 49.2 Å². The molecule has 0 atom stereocenters. The lowest BCUT2D eigenvalue weighted by Gasteiger charge is -2.57. The van der Waals surface area contributed by atoms with Gasteiger partial charge in [0.05, 0.1) is 0 Å². The highest BCUT2D eigenvalue weighted by Gasteiger charge is 2.51. The molecule has 0 saturated heterocycles. The molecule has 12 rings (SSSR count). The molecule has 0 spiro atoms. The summed E-state index contributed by atoms with van der Waals surface area (Å²) >= 11 is 0. The van der Waals surface area contributed by atoms with Crippen LogP contribution in [0.25, 0.3) is 71.4 Å². The lowest BCUT2D eigenvalue weighted by Crippen LogP contribution is -2.46. The van der Waals surface area contributed by atoms with Crippen LogP contribution in [0.3, 0.4) is 0 Å². The quantitative estimate of drug-likeness (QED) is 0.173. The van der Waals surface area contributed by atoms with E-state index in [4.69, 9.17) is 0 Å². The molecule has 0 amide bonds. The molecule has 0 radical (unpaired) electrons. The molecular formula is C48H40. The minimum atomic E-state index is 0.529. The molecule has 4 fully saturated rings. The number of allylic oxidation sites excluding steroid dienone is 1. The molecule has 0 aliphatic heterocycles. The third-order valence-electron chi connectivity index (χ3n) is 13.0. The summed E-state index contributed by atoms with van der Waals surface area (Å²) in [4.78, 5) is 0. The van der Waals surface area contributed by atoms with E-state index in [-0.39, 0.29) is 0 Å². The van der Waals surface area contributed by atoms with Crippen LogP contribution in [-0.2, 0) is 6.42 Å². The number of hydrogen-bond donors (Lipinski definition) is 0. The van der Waals surface area contributed by atoms with Gasteiger partial charge in [-0.15, -0.1) is 0 Å². The van der Waals surface area contributed by atoms with E-state index in [1.807, 2.05) is 0 Å². The van der Waals surface area contributed by atoms with Gasteiger partial charge in [-0.3, -0.25) is 0 Å². The normalized spacial score (nSPS) is 24.2. The molecule has 0 aromatic heterocycles. The maximum Gasteiger partial charge on any atom is -0.00207 e. The molecule has 48 heavy (non-hydrogen) atoms. The highest BCUT2D eigenvalue weighted by atomic mass is 14.6. The van der Waals surface area contributed by atoms with Crippen LogP contribution in [0.5, 0.6) is 0 Å². The van der Waals surface area contributed by atoms with Gasteiger partial charge in [0, 0.05) is 0 Å². The van der Waals surface area contributed by atoms with Crippen molar-refractivity contribution in [1.29, 1.82) is 0 Å². The number of rotatable bonds is 4. The fourth-order valence-corrected chi connectivity index (χ4v) is 11.7. The van der Waals surface area contributed by atoms with Crippen LogP contribution in [0.1, 0.15) is 56.1 Å². The maximum absolute atomic E-state index is 2.68. The van der Waals surface area contributed by atoms with Crippen molar-refractivity contribution in [2.24, 2.45) is 23.2 Å². The second-order valence-electron chi connectivity index (χ2n) is 16.0. The van der Waals surface area contributed by atoms with Crippen molar-refractivity contribution in [2.75, 3.05) is 0 Å². The molecule has 5 aliphatic rings. The largest absolute Gasteiger partial charge is 0.0646 e. The summed E-state index contributed by atoms with van der Waals surface area (Å²) in [6.45, 7) is 0. The SMILES string of the molecule is C1=C(CC23CC4CC(CC(C4)C2)C3)Cc2c(-c3c4ccccc4cc4ccccc34)ccc(-c3c4ccccc4cc4ccccc34)c21. The average molecular weight is 617 g/mol. The Hall–Kier alpha value is -4.68. The molecule has 0 heteroatoms. The van der Waals surface area contributed by atoms with E-state index in [1.54, 1.807) is 5.57 Å². The van der Waals surface area contributed by atoms with Crippen LogP contribution >= 0.6 is 0 Å². The first-order chi connectivity index (χ1) is 23.7. The second-order valence-corrected chi connectivity index (χ2v) is 16.0. The molecule has 7 aromatic rings. The minimum absolute atomic E-state index is 0.529. The summed E-state index contributed by atoms with van der Waals surface area (Å²) in [7, 11) is 0. The third kappa shape index (κ3) is 4.08. The molecule has 5 aliphatic carbocycles. The Morgan fingerprint density at radius 2 is 0.896 bits per heavy atom. The minimum Gasteiger partial charge on any atom is -0.0646 e. The van der Waals surface area contributed by atoms with Crippen LogP contribution in [0.4, 0.5) is 0 Å². The van der Waals surface area contributed by atoms with Crippen molar-refractivity contribution in [2.45, 2.75) is 51.4 Å². The average Bonchev–Trinajstić information content (AvgIpc) is 3.52. The Morgan fingerprint density at radius 1 is 0.479 bits per heavy atom. The van der Waals surface area contributed by atoms with Crippen molar-refractivity contribution in [3.8, 4) is 22.3 Å². The molecule has 0 nitrogen and oxygen atoms in total. The Morgan fingerprint density at radius 3 is 1.38 bits per heavy atom. The van der Waals surface area contributed by atoms with E-state index in [2.05, 4.69) is 127 Å². The Labute approximate surface area is 283 Å². The highest BCUT2D eigenvalue weighted by Crippen LogP contribution is 2.63. The lowest BCUT2D eigenvalue weighted by molar-refractivity contribution is -0.0521. The zero-order valence-corrected chi connectivity index (χ0v) is 27.5. The van der Waals surface area contributed by atoms with Gasteiger partial charge in [0.25, 0.3) is 0 Å². The molecule has 0 unspecified atom stereocenters. The first-order valence-corrected chi connectivity index (χ1v) is 18.4. The van der Waals surface area contributed by atoms with Crippen LogP contribution in [0.2, 0.25) is 0 Å². The van der Waals surface area contributed by atoms with Gasteiger partial charge >= 0.3 is 0 Å². The number of benzene rings is 7. The number of fused-ring (bicyclic) bond motifs is 5. The summed E-state index contributed by atoms with van der Waals surface area (Å²) in [5.74, 6) is 2.95. The molecule has 0 N–H and O–H groups in total. The molecule has 4 saturated carbocycles. The Bertz CT molecular complexity index is 2350. The Kier molecular flexibility index (Phi) is 5.78. The summed E-state index contributed by atoms with van der Waals surface area (Å²) in [6, 6.07) is 45.8. The maximum atomic E-state index is 2.68. The van der Waals surface area contributed by atoms with Gasteiger partial charge in [0.2, 0.25) is 0 Å². The van der Waals surface area contributed by atoms with Gasteiger partial charge in [0.15, 0.2) is 0 Å². The van der Waals surface area contributed by atoms with E-state index in [1.165, 1.54) is 121 Å². The molecule has 0 heterocycles. The van der Waals surface area contributed by atoms with E-state index in [9.17, 15) is 0 Å². The van der Waals surface area contributed by atoms with E-state index < -0.39 is 0 Å². The summed E-state index contributed by atoms with van der Waals surface area (Å²) in [6.07, 6.45) is 14.0. The van der Waals surface area contributed by atoms with E-state index in [0.717, 1.165) is 24.2 Å². The first kappa shape index (κ1) is 27.3. The van der Waals surface area contributed by atoms with Crippen molar-refractivity contribution in [1.82, 2.24) is 0 Å². The van der Waals surface area contributed by atoms with Crippen LogP contribution in [0.15, 0.2) is 127 Å². The highest BCUT2D eigenvalue weighted by molar-refractivity contribution is 6.16. The van der Waals surface area contributed by atoms with E-state index >= 15 is 0 Å². The topological polar surface area (TPSA) is 0 Å².